The van der Waals surface area contributed by atoms with Crippen LogP contribution in [0.2, 0.25) is 0 Å². The Morgan fingerprint density at radius 1 is 1.33 bits per heavy atom. The Kier molecular flexibility index (Phi) is 5.94. The van der Waals surface area contributed by atoms with Gasteiger partial charge in [0.05, 0.1) is 12.1 Å². The SMILES string of the molecule is C=C1c2c(ccnc2OCC(F)(I)CC)CN1Cc1ccc(-c2cn(C)cc2C)s1. The zero-order valence-corrected chi connectivity index (χ0v) is 20.4. The maximum atomic E-state index is 14.3. The van der Waals surface area contributed by atoms with Gasteiger partial charge in [0, 0.05) is 53.2 Å². The Morgan fingerprint density at radius 3 is 2.83 bits per heavy atom. The van der Waals surface area contributed by atoms with Crippen LogP contribution in [0.3, 0.4) is 0 Å². The molecule has 0 fully saturated rings. The maximum Gasteiger partial charge on any atom is 0.223 e. The van der Waals surface area contributed by atoms with E-state index in [1.165, 1.54) is 20.9 Å². The van der Waals surface area contributed by atoms with Crippen molar-refractivity contribution in [2.75, 3.05) is 6.61 Å². The molecule has 0 bridgehead atoms. The average Bonchev–Trinajstić information content (AvgIpc) is 3.39. The molecule has 0 N–H and O–H groups in total. The number of nitrogens with zero attached hydrogens (tertiary/aromatic N) is 3. The minimum atomic E-state index is -1.40. The number of aryl methyl sites for hydroxylation is 2. The lowest BCUT2D eigenvalue weighted by molar-refractivity contribution is 0.173. The van der Waals surface area contributed by atoms with Gasteiger partial charge in [-0.1, -0.05) is 13.5 Å². The molecule has 3 aromatic rings. The van der Waals surface area contributed by atoms with Crippen LogP contribution in [0, 0.1) is 6.92 Å². The molecule has 0 saturated carbocycles. The second-order valence-corrected chi connectivity index (χ2v) is 10.8. The van der Waals surface area contributed by atoms with Crippen molar-refractivity contribution in [3.63, 3.8) is 0 Å². The van der Waals surface area contributed by atoms with E-state index in [1.807, 2.05) is 24.3 Å². The van der Waals surface area contributed by atoms with E-state index in [2.05, 4.69) is 59.5 Å². The van der Waals surface area contributed by atoms with Gasteiger partial charge in [0.15, 0.2) is 3.68 Å². The molecule has 3 aromatic heterocycles. The summed E-state index contributed by atoms with van der Waals surface area (Å²) in [5.74, 6) is 0.471. The summed E-state index contributed by atoms with van der Waals surface area (Å²) in [6.07, 6.45) is 6.42. The number of hydrogen-bond donors (Lipinski definition) is 0. The van der Waals surface area contributed by atoms with Crippen molar-refractivity contribution < 1.29 is 9.13 Å². The van der Waals surface area contributed by atoms with Crippen molar-refractivity contribution in [1.82, 2.24) is 14.5 Å². The second-order valence-electron chi connectivity index (χ2n) is 7.74. The van der Waals surface area contributed by atoms with Crippen LogP contribution in [0.4, 0.5) is 4.39 Å². The molecule has 1 aliphatic rings. The summed E-state index contributed by atoms with van der Waals surface area (Å²) in [6, 6.07) is 6.37. The number of fused-ring (bicyclic) bond motifs is 1. The van der Waals surface area contributed by atoms with E-state index < -0.39 is 3.68 Å². The zero-order chi connectivity index (χ0) is 21.5. The van der Waals surface area contributed by atoms with Gasteiger partial charge in [-0.15, -0.1) is 11.3 Å². The molecule has 0 spiro atoms. The molecule has 1 aliphatic heterocycles. The molecule has 0 amide bonds. The normalized spacial score (nSPS) is 15.4. The molecule has 4 rings (SSSR count). The number of aromatic nitrogens is 2. The number of alkyl halides is 2. The highest BCUT2D eigenvalue weighted by molar-refractivity contribution is 14.1. The van der Waals surface area contributed by atoms with Crippen LogP contribution in [0.15, 0.2) is 43.4 Å². The van der Waals surface area contributed by atoms with Gasteiger partial charge in [-0.25, -0.2) is 9.37 Å². The molecule has 4 heterocycles. The van der Waals surface area contributed by atoms with E-state index in [1.54, 1.807) is 28.8 Å². The van der Waals surface area contributed by atoms with Crippen molar-refractivity contribution in [3.8, 4) is 16.3 Å². The molecule has 1 unspecified atom stereocenters. The fourth-order valence-corrected chi connectivity index (χ4v) is 4.94. The first kappa shape index (κ1) is 21.4. The van der Waals surface area contributed by atoms with E-state index in [-0.39, 0.29) is 6.61 Å². The van der Waals surface area contributed by atoms with Crippen LogP contribution < -0.4 is 4.74 Å². The summed E-state index contributed by atoms with van der Waals surface area (Å²) in [6.45, 7) is 9.75. The van der Waals surface area contributed by atoms with Crippen LogP contribution in [-0.2, 0) is 20.1 Å². The number of thiophene rings is 1. The Balaban J connectivity index is 1.50. The highest BCUT2D eigenvalue weighted by Gasteiger charge is 2.30. The number of rotatable bonds is 7. The first-order valence-electron chi connectivity index (χ1n) is 9.92. The Hall–Kier alpha value is -1.87. The third-order valence-corrected chi connectivity index (χ3v) is 7.58. The lowest BCUT2D eigenvalue weighted by Gasteiger charge is -2.20. The zero-order valence-electron chi connectivity index (χ0n) is 17.4. The lowest BCUT2D eigenvalue weighted by atomic mass is 10.1. The third-order valence-electron chi connectivity index (χ3n) is 5.40. The first-order chi connectivity index (χ1) is 14.3. The minimum Gasteiger partial charge on any atom is -0.473 e. The first-order valence-corrected chi connectivity index (χ1v) is 11.8. The van der Waals surface area contributed by atoms with Crippen molar-refractivity contribution in [1.29, 1.82) is 0 Å². The second kappa shape index (κ2) is 8.34. The molecule has 0 saturated heterocycles. The summed E-state index contributed by atoms with van der Waals surface area (Å²) in [5, 5.41) is 0. The van der Waals surface area contributed by atoms with Crippen LogP contribution in [0.1, 0.15) is 34.9 Å². The average molecular weight is 537 g/mol. The monoisotopic (exact) mass is 537 g/mol. The van der Waals surface area contributed by atoms with Gasteiger partial charge in [0.25, 0.3) is 0 Å². The highest BCUT2D eigenvalue weighted by atomic mass is 127. The molecule has 4 nitrogen and oxygen atoms in total. The van der Waals surface area contributed by atoms with Crippen LogP contribution in [0.5, 0.6) is 5.88 Å². The molecule has 158 valence electrons. The van der Waals surface area contributed by atoms with E-state index in [4.69, 9.17) is 4.74 Å². The quantitative estimate of drug-likeness (QED) is 0.261. The van der Waals surface area contributed by atoms with Gasteiger partial charge in [-0.2, -0.15) is 0 Å². The highest BCUT2D eigenvalue weighted by Crippen LogP contribution is 2.40. The number of halogens is 2. The van der Waals surface area contributed by atoms with Gasteiger partial charge < -0.3 is 14.2 Å². The third kappa shape index (κ3) is 4.27. The van der Waals surface area contributed by atoms with Gasteiger partial charge in [-0.3, -0.25) is 0 Å². The number of ether oxygens (including phenoxy) is 1. The summed E-state index contributed by atoms with van der Waals surface area (Å²) >= 11 is 3.61. The van der Waals surface area contributed by atoms with Gasteiger partial charge in [0.1, 0.15) is 6.61 Å². The predicted octanol–water partition coefficient (Wildman–Crippen LogP) is 6.33. The largest absolute Gasteiger partial charge is 0.473 e. The molecule has 0 aliphatic carbocycles. The molecular formula is C23H25FIN3OS. The molecular weight excluding hydrogens is 512 g/mol. The molecule has 0 aromatic carbocycles. The molecule has 7 heteroatoms. The Labute approximate surface area is 194 Å². The molecule has 1 atom stereocenters. The van der Waals surface area contributed by atoms with Crippen molar-refractivity contribution in [2.45, 2.75) is 37.0 Å². The fraction of sp³-hybridized carbons (Fsp3) is 0.348. The Bertz CT molecular complexity index is 1090. The van der Waals surface area contributed by atoms with Crippen LogP contribution >= 0.6 is 33.9 Å². The smallest absolute Gasteiger partial charge is 0.223 e. The van der Waals surface area contributed by atoms with Gasteiger partial charge in [0.2, 0.25) is 5.88 Å². The van der Waals surface area contributed by atoms with E-state index >= 15 is 0 Å². The van der Waals surface area contributed by atoms with Gasteiger partial charge >= 0.3 is 0 Å². The van der Waals surface area contributed by atoms with E-state index in [0.717, 1.165) is 29.9 Å². The predicted molar refractivity (Wildman–Crippen MR) is 130 cm³/mol. The standard InChI is InChI=1S/C23H25FIN3OS/c1-5-23(24,25)14-29-22-21-16(3)28(11-17(21)8-9-26-22)12-18-6-7-20(30-18)19-13-27(4)10-15(19)2/h6-10,13H,3,5,11-12,14H2,1-2,4H3. The summed E-state index contributed by atoms with van der Waals surface area (Å²) in [7, 11) is 2.05. The van der Waals surface area contributed by atoms with E-state index in [9.17, 15) is 4.39 Å². The summed E-state index contributed by atoms with van der Waals surface area (Å²) in [5.41, 5.74) is 5.46. The van der Waals surface area contributed by atoms with Crippen LogP contribution in [0.25, 0.3) is 16.1 Å². The van der Waals surface area contributed by atoms with Gasteiger partial charge in [-0.05, 0) is 65.3 Å². The van der Waals surface area contributed by atoms with Crippen LogP contribution in [-0.4, -0.2) is 24.7 Å². The number of pyridine rings is 1. The van der Waals surface area contributed by atoms with Crippen molar-refractivity contribution in [2.24, 2.45) is 7.05 Å². The fourth-order valence-electron chi connectivity index (χ4n) is 3.69. The summed E-state index contributed by atoms with van der Waals surface area (Å²) < 4.78 is 20.8. The molecule has 0 radical (unpaired) electrons. The van der Waals surface area contributed by atoms with Crippen molar-refractivity contribution >= 4 is 39.6 Å². The minimum absolute atomic E-state index is 0.0223. The topological polar surface area (TPSA) is 30.3 Å². The van der Waals surface area contributed by atoms with E-state index in [0.29, 0.717) is 12.3 Å². The Morgan fingerprint density at radius 2 is 2.13 bits per heavy atom. The van der Waals surface area contributed by atoms with Crippen molar-refractivity contribution in [3.05, 3.63) is 64.9 Å². The lowest BCUT2D eigenvalue weighted by Crippen LogP contribution is -2.23. The summed E-state index contributed by atoms with van der Waals surface area (Å²) in [4.78, 5) is 9.14. The number of hydrogen-bond acceptors (Lipinski definition) is 4. The molecule has 30 heavy (non-hydrogen) atoms. The maximum absolute atomic E-state index is 14.3.